The van der Waals surface area contributed by atoms with E-state index in [2.05, 4.69) is 0 Å². The summed E-state index contributed by atoms with van der Waals surface area (Å²) in [4.78, 5) is 11.9. The van der Waals surface area contributed by atoms with Gasteiger partial charge in [-0.15, -0.1) is 0 Å². The van der Waals surface area contributed by atoms with Crippen LogP contribution in [0.1, 0.15) is 17.0 Å². The van der Waals surface area contributed by atoms with Crippen molar-refractivity contribution in [3.05, 3.63) is 57.8 Å². The fraction of sp³-hybridized carbons (Fsp3) is 0.200. The number of aryl methyl sites for hydroxylation is 1. The fourth-order valence-electron chi connectivity index (χ4n) is 1.86. The Morgan fingerprint density at radius 3 is 2.68 bits per heavy atom. The largest absolute Gasteiger partial charge is 0.508 e. The number of phenolic OH excluding ortho intramolecular Hbond substituents is 1. The lowest BCUT2D eigenvalue weighted by Gasteiger charge is -2.01. The molecule has 0 radical (unpaired) electrons. The summed E-state index contributed by atoms with van der Waals surface area (Å²) >= 11 is 0. The van der Waals surface area contributed by atoms with Crippen LogP contribution in [0.3, 0.4) is 0 Å². The van der Waals surface area contributed by atoms with Gasteiger partial charge >= 0.3 is 5.69 Å². The van der Waals surface area contributed by atoms with Crippen molar-refractivity contribution in [3.8, 4) is 5.75 Å². The molecule has 0 aliphatic carbocycles. The highest BCUT2D eigenvalue weighted by Gasteiger charge is 2.11. The predicted octanol–water partition coefficient (Wildman–Crippen LogP) is 1.39. The third-order valence-corrected chi connectivity index (χ3v) is 3.16. The van der Waals surface area contributed by atoms with Gasteiger partial charge in [-0.1, -0.05) is 18.2 Å². The van der Waals surface area contributed by atoms with Crippen LogP contribution >= 0.6 is 0 Å². The summed E-state index contributed by atoms with van der Waals surface area (Å²) in [6, 6.07) is 8.92. The van der Waals surface area contributed by atoms with Crippen molar-refractivity contribution in [1.82, 2.24) is 4.57 Å². The Morgan fingerprint density at radius 1 is 1.26 bits per heavy atom. The lowest BCUT2D eigenvalue weighted by atomic mass is 10.2. The maximum Gasteiger partial charge on any atom is 0.498 e. The lowest BCUT2D eigenvalue weighted by molar-refractivity contribution is -0.692. The fourth-order valence-corrected chi connectivity index (χ4v) is 1.86. The van der Waals surface area contributed by atoms with Gasteiger partial charge in [0, 0.05) is 6.07 Å². The zero-order valence-corrected chi connectivity index (χ0v) is 11.3. The third-order valence-electron chi connectivity index (χ3n) is 3.16. The Morgan fingerprint density at radius 2 is 2.00 bits per heavy atom. The normalized spacial score (nSPS) is 11.1. The molecule has 1 N–H and O–H groups in total. The SMILES string of the molecule is Cc1cc(/C=C/c2cccc(O)c2)[n+](C)c(=O)n1C. The molecule has 0 atom stereocenters. The summed E-state index contributed by atoms with van der Waals surface area (Å²) < 4.78 is 3.19. The first-order chi connectivity index (χ1) is 8.99. The number of nitrogens with zero attached hydrogens (tertiary/aromatic N) is 2. The summed E-state index contributed by atoms with van der Waals surface area (Å²) in [5, 5.41) is 9.40. The van der Waals surface area contributed by atoms with Crippen molar-refractivity contribution in [3.63, 3.8) is 0 Å². The van der Waals surface area contributed by atoms with Crippen molar-refractivity contribution < 1.29 is 9.67 Å². The molecule has 2 aromatic rings. The molecule has 0 unspecified atom stereocenters. The standard InChI is InChI=1S/C15H16N2O2/c1-11-9-13(17(3)15(19)16(11)2)8-7-12-5-4-6-14(18)10-12/h4-10H,1-3H3/p+1/b8-7+. The molecular formula is C15H17N2O2+. The number of rotatable bonds is 2. The van der Waals surface area contributed by atoms with Gasteiger partial charge in [0.25, 0.3) is 0 Å². The van der Waals surface area contributed by atoms with Gasteiger partial charge in [0.15, 0.2) is 0 Å². The molecular weight excluding hydrogens is 240 g/mol. The quantitative estimate of drug-likeness (QED) is 0.826. The third kappa shape index (κ3) is 2.73. The maximum atomic E-state index is 11.9. The van der Waals surface area contributed by atoms with Gasteiger partial charge in [-0.25, -0.2) is 0 Å². The van der Waals surface area contributed by atoms with Crippen LogP contribution in [0.15, 0.2) is 35.1 Å². The minimum atomic E-state index is -0.0597. The molecule has 0 spiro atoms. The van der Waals surface area contributed by atoms with Crippen LogP contribution in [0.4, 0.5) is 0 Å². The van der Waals surface area contributed by atoms with Crippen LogP contribution in [0.5, 0.6) is 5.75 Å². The summed E-state index contributed by atoms with van der Waals surface area (Å²) in [7, 11) is 3.49. The van der Waals surface area contributed by atoms with E-state index in [1.165, 1.54) is 0 Å². The molecule has 0 bridgehead atoms. The second-order valence-corrected chi connectivity index (χ2v) is 4.54. The van der Waals surface area contributed by atoms with Crippen LogP contribution in [-0.4, -0.2) is 9.67 Å². The molecule has 0 saturated carbocycles. The number of benzene rings is 1. The number of phenols is 1. The molecule has 19 heavy (non-hydrogen) atoms. The Balaban J connectivity index is 2.42. The summed E-state index contributed by atoms with van der Waals surface area (Å²) in [6.07, 6.45) is 3.73. The average molecular weight is 257 g/mol. The second kappa shape index (κ2) is 5.10. The van der Waals surface area contributed by atoms with Crippen LogP contribution < -0.4 is 10.3 Å². The monoisotopic (exact) mass is 257 g/mol. The highest BCUT2D eigenvalue weighted by Crippen LogP contribution is 2.13. The van der Waals surface area contributed by atoms with Gasteiger partial charge < -0.3 is 5.11 Å². The summed E-state index contributed by atoms with van der Waals surface area (Å²) in [5.74, 6) is 0.228. The highest BCUT2D eigenvalue weighted by atomic mass is 16.3. The molecule has 1 aromatic carbocycles. The first-order valence-corrected chi connectivity index (χ1v) is 6.03. The Kier molecular flexibility index (Phi) is 3.51. The Bertz CT molecular complexity index is 700. The van der Waals surface area contributed by atoms with E-state index in [0.29, 0.717) is 0 Å². The van der Waals surface area contributed by atoms with Crippen LogP contribution in [0, 0.1) is 6.92 Å². The zero-order valence-electron chi connectivity index (χ0n) is 11.3. The van der Waals surface area contributed by atoms with E-state index in [0.717, 1.165) is 17.0 Å². The molecule has 2 rings (SSSR count). The lowest BCUT2D eigenvalue weighted by Crippen LogP contribution is -2.53. The Hall–Kier alpha value is -2.36. The van der Waals surface area contributed by atoms with Crippen LogP contribution in [-0.2, 0) is 14.1 Å². The molecule has 1 heterocycles. The molecule has 0 amide bonds. The van der Waals surface area contributed by atoms with Gasteiger partial charge in [0.05, 0.1) is 14.1 Å². The van der Waals surface area contributed by atoms with E-state index >= 15 is 0 Å². The van der Waals surface area contributed by atoms with E-state index in [1.54, 1.807) is 41.4 Å². The molecule has 1 aromatic heterocycles. The van der Waals surface area contributed by atoms with Crippen molar-refractivity contribution in [1.29, 1.82) is 0 Å². The van der Waals surface area contributed by atoms with Gasteiger partial charge in [-0.05, 0) is 30.7 Å². The van der Waals surface area contributed by atoms with Gasteiger partial charge in [-0.2, -0.15) is 13.9 Å². The molecule has 4 heteroatoms. The van der Waals surface area contributed by atoms with Gasteiger partial charge in [0.1, 0.15) is 17.1 Å². The van der Waals surface area contributed by atoms with E-state index < -0.39 is 0 Å². The van der Waals surface area contributed by atoms with E-state index in [1.807, 2.05) is 31.2 Å². The number of aromatic hydroxyl groups is 1. The maximum absolute atomic E-state index is 11.9. The van der Waals surface area contributed by atoms with Crippen molar-refractivity contribution >= 4 is 12.2 Å². The van der Waals surface area contributed by atoms with E-state index in [9.17, 15) is 9.90 Å². The summed E-state index contributed by atoms with van der Waals surface area (Å²) in [6.45, 7) is 1.90. The molecule has 98 valence electrons. The van der Waals surface area contributed by atoms with Crippen LogP contribution in [0.2, 0.25) is 0 Å². The first kappa shape index (κ1) is 13.1. The first-order valence-electron chi connectivity index (χ1n) is 6.03. The van der Waals surface area contributed by atoms with Gasteiger partial charge in [-0.3, -0.25) is 0 Å². The van der Waals surface area contributed by atoms with Crippen molar-refractivity contribution in [2.45, 2.75) is 6.92 Å². The zero-order chi connectivity index (χ0) is 14.0. The summed E-state index contributed by atoms with van der Waals surface area (Å²) in [5.41, 5.74) is 2.55. The molecule has 0 saturated heterocycles. The number of hydrogen-bond acceptors (Lipinski definition) is 2. The number of aromatic nitrogens is 2. The molecule has 0 aliphatic rings. The highest BCUT2D eigenvalue weighted by molar-refractivity contribution is 5.67. The smallest absolute Gasteiger partial charge is 0.498 e. The van der Waals surface area contributed by atoms with Crippen molar-refractivity contribution in [2.75, 3.05) is 0 Å². The van der Waals surface area contributed by atoms with Crippen LogP contribution in [0.25, 0.3) is 12.2 Å². The molecule has 4 nitrogen and oxygen atoms in total. The molecule has 0 fully saturated rings. The van der Waals surface area contributed by atoms with E-state index in [4.69, 9.17) is 0 Å². The predicted molar refractivity (Wildman–Crippen MR) is 74.6 cm³/mol. The van der Waals surface area contributed by atoms with Gasteiger partial charge in [0.2, 0.25) is 0 Å². The Labute approximate surface area is 111 Å². The van der Waals surface area contributed by atoms with E-state index in [-0.39, 0.29) is 11.4 Å². The minimum Gasteiger partial charge on any atom is -0.508 e. The molecule has 0 aliphatic heterocycles. The minimum absolute atomic E-state index is 0.0597. The second-order valence-electron chi connectivity index (χ2n) is 4.54. The number of hydrogen-bond donors (Lipinski definition) is 1. The average Bonchev–Trinajstić information content (AvgIpc) is 2.39. The van der Waals surface area contributed by atoms with Crippen molar-refractivity contribution in [2.24, 2.45) is 14.1 Å². The topological polar surface area (TPSA) is 46.1 Å².